The SMILES string of the molecule is C=CC(=O)OCC1(CCCC)CCCC1. The third kappa shape index (κ3) is 3.69. The number of carbonyl (C=O) groups excluding carboxylic acids is 1. The molecule has 0 radical (unpaired) electrons. The highest BCUT2D eigenvalue weighted by atomic mass is 16.5. The summed E-state index contributed by atoms with van der Waals surface area (Å²) in [5.41, 5.74) is 0.286. The van der Waals surface area contributed by atoms with Crippen molar-refractivity contribution in [1.82, 2.24) is 0 Å². The van der Waals surface area contributed by atoms with Crippen molar-refractivity contribution in [3.8, 4) is 0 Å². The van der Waals surface area contributed by atoms with Crippen LogP contribution in [0.25, 0.3) is 0 Å². The second kappa shape index (κ2) is 5.94. The second-order valence-corrected chi connectivity index (χ2v) is 4.62. The molecule has 0 aromatic heterocycles. The molecule has 1 saturated carbocycles. The molecule has 0 heterocycles. The van der Waals surface area contributed by atoms with Crippen LogP contribution in [0, 0.1) is 5.41 Å². The molecule has 0 N–H and O–H groups in total. The van der Waals surface area contributed by atoms with Crippen molar-refractivity contribution in [1.29, 1.82) is 0 Å². The first kappa shape index (κ1) is 12.3. The van der Waals surface area contributed by atoms with Gasteiger partial charge in [0.2, 0.25) is 0 Å². The molecule has 1 aliphatic rings. The van der Waals surface area contributed by atoms with Crippen LogP contribution in [0.1, 0.15) is 51.9 Å². The Kier molecular flexibility index (Phi) is 4.86. The van der Waals surface area contributed by atoms with Crippen LogP contribution in [0.5, 0.6) is 0 Å². The monoisotopic (exact) mass is 210 g/mol. The van der Waals surface area contributed by atoms with Gasteiger partial charge in [-0.1, -0.05) is 39.2 Å². The highest BCUT2D eigenvalue weighted by molar-refractivity contribution is 5.81. The summed E-state index contributed by atoms with van der Waals surface area (Å²) in [4.78, 5) is 11.0. The third-order valence-electron chi connectivity index (χ3n) is 3.41. The van der Waals surface area contributed by atoms with Crippen molar-refractivity contribution in [2.24, 2.45) is 5.41 Å². The van der Waals surface area contributed by atoms with E-state index in [4.69, 9.17) is 4.74 Å². The minimum atomic E-state index is -0.280. The van der Waals surface area contributed by atoms with Crippen molar-refractivity contribution in [2.45, 2.75) is 51.9 Å². The lowest BCUT2D eigenvalue weighted by Crippen LogP contribution is -2.25. The summed E-state index contributed by atoms with van der Waals surface area (Å²) in [7, 11) is 0. The molecule has 0 amide bonds. The van der Waals surface area contributed by atoms with E-state index in [-0.39, 0.29) is 11.4 Å². The van der Waals surface area contributed by atoms with Gasteiger partial charge >= 0.3 is 5.97 Å². The van der Waals surface area contributed by atoms with Gasteiger partial charge in [0.05, 0.1) is 6.61 Å². The molecule has 86 valence electrons. The fraction of sp³-hybridized carbons (Fsp3) is 0.769. The van der Waals surface area contributed by atoms with Crippen molar-refractivity contribution in [3.63, 3.8) is 0 Å². The Labute approximate surface area is 92.7 Å². The van der Waals surface area contributed by atoms with E-state index in [0.717, 1.165) is 0 Å². The zero-order chi connectivity index (χ0) is 11.1. The number of rotatable bonds is 6. The Balaban J connectivity index is 2.42. The van der Waals surface area contributed by atoms with Gasteiger partial charge in [0, 0.05) is 11.5 Å². The molecule has 2 heteroatoms. The van der Waals surface area contributed by atoms with Crippen LogP contribution in [0.2, 0.25) is 0 Å². The van der Waals surface area contributed by atoms with E-state index in [0.29, 0.717) is 6.61 Å². The van der Waals surface area contributed by atoms with Gasteiger partial charge in [-0.2, -0.15) is 0 Å². The predicted octanol–water partition coefficient (Wildman–Crippen LogP) is 3.47. The Hall–Kier alpha value is -0.790. The van der Waals surface area contributed by atoms with Crippen molar-refractivity contribution < 1.29 is 9.53 Å². The molecule has 0 saturated heterocycles. The molecule has 0 bridgehead atoms. The van der Waals surface area contributed by atoms with E-state index in [1.54, 1.807) is 0 Å². The maximum atomic E-state index is 11.0. The van der Waals surface area contributed by atoms with Crippen LogP contribution in [0.3, 0.4) is 0 Å². The summed E-state index contributed by atoms with van der Waals surface area (Å²) in [5, 5.41) is 0. The average Bonchev–Trinajstić information content (AvgIpc) is 2.72. The molecule has 0 aromatic rings. The zero-order valence-corrected chi connectivity index (χ0v) is 9.76. The molecular weight excluding hydrogens is 188 g/mol. The largest absolute Gasteiger partial charge is 0.462 e. The molecule has 0 aliphatic heterocycles. The van der Waals surface area contributed by atoms with Gasteiger partial charge in [-0.3, -0.25) is 0 Å². The molecule has 1 aliphatic carbocycles. The summed E-state index contributed by atoms with van der Waals surface area (Å²) in [6.45, 7) is 6.22. The minimum absolute atomic E-state index is 0.280. The Bertz CT molecular complexity index is 215. The van der Waals surface area contributed by atoms with Crippen LogP contribution in [-0.4, -0.2) is 12.6 Å². The molecule has 2 nitrogen and oxygen atoms in total. The molecule has 0 unspecified atom stereocenters. The van der Waals surface area contributed by atoms with Gasteiger partial charge in [-0.15, -0.1) is 0 Å². The van der Waals surface area contributed by atoms with Gasteiger partial charge in [-0.25, -0.2) is 4.79 Å². The van der Waals surface area contributed by atoms with E-state index < -0.39 is 0 Å². The minimum Gasteiger partial charge on any atom is -0.462 e. The third-order valence-corrected chi connectivity index (χ3v) is 3.41. The normalized spacial score (nSPS) is 18.7. The van der Waals surface area contributed by atoms with Gasteiger partial charge in [0.15, 0.2) is 0 Å². The summed E-state index contributed by atoms with van der Waals surface area (Å²) >= 11 is 0. The van der Waals surface area contributed by atoms with Crippen molar-refractivity contribution >= 4 is 5.97 Å². The number of esters is 1. The first-order chi connectivity index (χ1) is 7.22. The molecule has 1 rings (SSSR count). The van der Waals surface area contributed by atoms with Crippen molar-refractivity contribution in [2.75, 3.05) is 6.61 Å². The van der Waals surface area contributed by atoms with E-state index in [1.807, 2.05) is 0 Å². The first-order valence-electron chi connectivity index (χ1n) is 6.02. The highest BCUT2D eigenvalue weighted by Crippen LogP contribution is 2.42. The molecule has 15 heavy (non-hydrogen) atoms. The molecule has 0 aromatic carbocycles. The lowest BCUT2D eigenvalue weighted by molar-refractivity contribution is -0.141. The highest BCUT2D eigenvalue weighted by Gasteiger charge is 2.34. The van der Waals surface area contributed by atoms with Gasteiger partial charge in [0.25, 0.3) is 0 Å². The maximum Gasteiger partial charge on any atom is 0.330 e. The van der Waals surface area contributed by atoms with Gasteiger partial charge in [-0.05, 0) is 19.3 Å². The summed E-state index contributed by atoms with van der Waals surface area (Å²) < 4.78 is 5.22. The van der Waals surface area contributed by atoms with Crippen LogP contribution >= 0.6 is 0 Å². The molecule has 0 atom stereocenters. The number of ether oxygens (including phenoxy) is 1. The topological polar surface area (TPSA) is 26.3 Å². The predicted molar refractivity (Wildman–Crippen MR) is 61.6 cm³/mol. The number of hydrogen-bond donors (Lipinski definition) is 0. The second-order valence-electron chi connectivity index (χ2n) is 4.62. The lowest BCUT2D eigenvalue weighted by atomic mass is 9.82. The average molecular weight is 210 g/mol. The van der Waals surface area contributed by atoms with Crippen LogP contribution in [0.15, 0.2) is 12.7 Å². The number of unbranched alkanes of at least 4 members (excludes halogenated alkanes) is 1. The summed E-state index contributed by atoms with van der Waals surface area (Å²) in [6.07, 6.45) is 9.93. The first-order valence-corrected chi connectivity index (χ1v) is 6.02. The molecule has 0 spiro atoms. The van der Waals surface area contributed by atoms with Gasteiger partial charge < -0.3 is 4.74 Å². The fourth-order valence-corrected chi connectivity index (χ4v) is 2.43. The number of carbonyl (C=O) groups is 1. The lowest BCUT2D eigenvalue weighted by Gasteiger charge is -2.28. The summed E-state index contributed by atoms with van der Waals surface area (Å²) in [5.74, 6) is -0.280. The number of hydrogen-bond acceptors (Lipinski definition) is 2. The quantitative estimate of drug-likeness (QED) is 0.495. The maximum absolute atomic E-state index is 11.0. The Morgan fingerprint density at radius 2 is 2.13 bits per heavy atom. The Morgan fingerprint density at radius 3 is 2.67 bits per heavy atom. The fourth-order valence-electron chi connectivity index (χ4n) is 2.43. The van der Waals surface area contributed by atoms with Gasteiger partial charge in [0.1, 0.15) is 0 Å². The van der Waals surface area contributed by atoms with Crippen LogP contribution in [-0.2, 0) is 9.53 Å². The van der Waals surface area contributed by atoms with E-state index in [2.05, 4.69) is 13.5 Å². The van der Waals surface area contributed by atoms with E-state index in [1.165, 1.54) is 51.0 Å². The standard InChI is InChI=1S/C13H22O2/c1-3-5-8-13(9-6-7-10-13)11-15-12(14)4-2/h4H,2-3,5-11H2,1H3. The molecule has 1 fully saturated rings. The molecular formula is C13H22O2. The van der Waals surface area contributed by atoms with Crippen LogP contribution in [0.4, 0.5) is 0 Å². The van der Waals surface area contributed by atoms with E-state index in [9.17, 15) is 4.79 Å². The van der Waals surface area contributed by atoms with E-state index >= 15 is 0 Å². The van der Waals surface area contributed by atoms with Crippen LogP contribution < -0.4 is 0 Å². The summed E-state index contributed by atoms with van der Waals surface area (Å²) in [6, 6.07) is 0. The Morgan fingerprint density at radius 1 is 1.47 bits per heavy atom. The van der Waals surface area contributed by atoms with Crippen molar-refractivity contribution in [3.05, 3.63) is 12.7 Å². The smallest absolute Gasteiger partial charge is 0.330 e. The zero-order valence-electron chi connectivity index (χ0n) is 9.76.